The monoisotopic (exact) mass is 210 g/mol. The molecular weight excluding hydrogens is 180 g/mol. The first-order chi connectivity index (χ1) is 6.99. The Morgan fingerprint density at radius 3 is 2.40 bits per heavy atom. The SMILES string of the molecule is CCC(C)CCCCC1(C)CC(C)C1C. The molecule has 0 saturated heterocycles. The molecule has 0 heteroatoms. The summed E-state index contributed by atoms with van der Waals surface area (Å²) >= 11 is 0. The molecule has 1 rings (SSSR count). The largest absolute Gasteiger partial charge is 0.0651 e. The van der Waals surface area contributed by atoms with Crippen LogP contribution < -0.4 is 0 Å². The molecule has 4 unspecified atom stereocenters. The average Bonchev–Trinajstić information content (AvgIpc) is 2.23. The van der Waals surface area contributed by atoms with Gasteiger partial charge in [0.1, 0.15) is 0 Å². The van der Waals surface area contributed by atoms with Gasteiger partial charge in [-0.2, -0.15) is 0 Å². The molecule has 1 fully saturated rings. The third-order valence-corrected chi connectivity index (χ3v) is 5.13. The Hall–Kier alpha value is 0. The topological polar surface area (TPSA) is 0 Å². The fraction of sp³-hybridized carbons (Fsp3) is 1.00. The van der Waals surface area contributed by atoms with E-state index in [0.717, 1.165) is 17.8 Å². The molecule has 4 atom stereocenters. The van der Waals surface area contributed by atoms with Crippen LogP contribution in [0.15, 0.2) is 0 Å². The van der Waals surface area contributed by atoms with Gasteiger partial charge in [-0.1, -0.05) is 60.3 Å². The van der Waals surface area contributed by atoms with Gasteiger partial charge in [-0.3, -0.25) is 0 Å². The van der Waals surface area contributed by atoms with Crippen LogP contribution in [0, 0.1) is 23.2 Å². The highest BCUT2D eigenvalue weighted by Crippen LogP contribution is 2.53. The van der Waals surface area contributed by atoms with Gasteiger partial charge in [-0.25, -0.2) is 0 Å². The van der Waals surface area contributed by atoms with Gasteiger partial charge < -0.3 is 0 Å². The van der Waals surface area contributed by atoms with Crippen LogP contribution in [0.25, 0.3) is 0 Å². The Morgan fingerprint density at radius 1 is 1.27 bits per heavy atom. The lowest BCUT2D eigenvalue weighted by Gasteiger charge is -2.51. The van der Waals surface area contributed by atoms with E-state index in [1.807, 2.05) is 0 Å². The fourth-order valence-corrected chi connectivity index (χ4v) is 3.18. The first-order valence-corrected chi connectivity index (χ1v) is 6.99. The van der Waals surface area contributed by atoms with Crippen LogP contribution in [0.5, 0.6) is 0 Å². The Morgan fingerprint density at radius 2 is 1.93 bits per heavy atom. The summed E-state index contributed by atoms with van der Waals surface area (Å²) in [5.41, 5.74) is 0.689. The lowest BCUT2D eigenvalue weighted by molar-refractivity contribution is -0.0134. The molecule has 1 aliphatic carbocycles. The smallest absolute Gasteiger partial charge is 0.0295 e. The highest BCUT2D eigenvalue weighted by atomic mass is 14.5. The van der Waals surface area contributed by atoms with E-state index < -0.39 is 0 Å². The molecule has 0 aromatic heterocycles. The Kier molecular flexibility index (Phi) is 4.67. The van der Waals surface area contributed by atoms with E-state index in [4.69, 9.17) is 0 Å². The first-order valence-electron chi connectivity index (χ1n) is 6.99. The number of hydrogen-bond donors (Lipinski definition) is 0. The summed E-state index contributed by atoms with van der Waals surface area (Å²) in [6.07, 6.45) is 8.64. The van der Waals surface area contributed by atoms with Gasteiger partial charge in [0.15, 0.2) is 0 Å². The van der Waals surface area contributed by atoms with Crippen molar-refractivity contribution in [1.29, 1.82) is 0 Å². The van der Waals surface area contributed by atoms with Gasteiger partial charge in [-0.05, 0) is 36.0 Å². The predicted octanol–water partition coefficient (Wildman–Crippen LogP) is 5.28. The van der Waals surface area contributed by atoms with Crippen molar-refractivity contribution in [2.24, 2.45) is 23.2 Å². The average molecular weight is 210 g/mol. The zero-order valence-electron chi connectivity index (χ0n) is 11.5. The summed E-state index contributed by atoms with van der Waals surface area (Å²) in [7, 11) is 0. The van der Waals surface area contributed by atoms with E-state index in [1.165, 1.54) is 38.5 Å². The van der Waals surface area contributed by atoms with Gasteiger partial charge in [0.2, 0.25) is 0 Å². The molecule has 0 N–H and O–H groups in total. The van der Waals surface area contributed by atoms with E-state index >= 15 is 0 Å². The fourth-order valence-electron chi connectivity index (χ4n) is 3.18. The lowest BCUT2D eigenvalue weighted by Crippen LogP contribution is -2.42. The van der Waals surface area contributed by atoms with Gasteiger partial charge in [0.05, 0.1) is 0 Å². The van der Waals surface area contributed by atoms with Crippen LogP contribution in [-0.2, 0) is 0 Å². The number of unbranched alkanes of at least 4 members (excludes halogenated alkanes) is 1. The minimum absolute atomic E-state index is 0.689. The third kappa shape index (κ3) is 3.23. The van der Waals surface area contributed by atoms with Crippen LogP contribution in [0.4, 0.5) is 0 Å². The molecule has 1 saturated carbocycles. The maximum absolute atomic E-state index is 2.50. The van der Waals surface area contributed by atoms with E-state index in [9.17, 15) is 0 Å². The van der Waals surface area contributed by atoms with Crippen molar-refractivity contribution in [3.05, 3.63) is 0 Å². The first kappa shape index (κ1) is 13.1. The van der Waals surface area contributed by atoms with Gasteiger partial charge in [0.25, 0.3) is 0 Å². The predicted molar refractivity (Wildman–Crippen MR) is 69.0 cm³/mol. The maximum atomic E-state index is 2.50. The molecule has 15 heavy (non-hydrogen) atoms. The molecule has 0 bridgehead atoms. The van der Waals surface area contributed by atoms with Crippen molar-refractivity contribution in [3.63, 3.8) is 0 Å². The van der Waals surface area contributed by atoms with Crippen molar-refractivity contribution in [2.75, 3.05) is 0 Å². The minimum atomic E-state index is 0.689. The summed E-state index contributed by atoms with van der Waals surface area (Å²) in [4.78, 5) is 0. The van der Waals surface area contributed by atoms with E-state index in [0.29, 0.717) is 5.41 Å². The summed E-state index contributed by atoms with van der Waals surface area (Å²) in [5, 5.41) is 0. The zero-order valence-corrected chi connectivity index (χ0v) is 11.5. The highest BCUT2D eigenvalue weighted by Gasteiger charge is 2.44. The van der Waals surface area contributed by atoms with Crippen molar-refractivity contribution in [2.45, 2.75) is 73.1 Å². The molecule has 0 aromatic rings. The molecule has 0 heterocycles. The van der Waals surface area contributed by atoms with Crippen molar-refractivity contribution in [3.8, 4) is 0 Å². The second-order valence-corrected chi connectivity index (χ2v) is 6.38. The van der Waals surface area contributed by atoms with Crippen molar-refractivity contribution < 1.29 is 0 Å². The van der Waals surface area contributed by atoms with Crippen LogP contribution in [-0.4, -0.2) is 0 Å². The zero-order chi connectivity index (χ0) is 11.5. The molecule has 0 amide bonds. The van der Waals surface area contributed by atoms with Crippen molar-refractivity contribution >= 4 is 0 Å². The van der Waals surface area contributed by atoms with Crippen molar-refractivity contribution in [1.82, 2.24) is 0 Å². The molecule has 1 aliphatic rings. The lowest BCUT2D eigenvalue weighted by atomic mass is 9.54. The van der Waals surface area contributed by atoms with Crippen LogP contribution >= 0.6 is 0 Å². The van der Waals surface area contributed by atoms with E-state index in [-0.39, 0.29) is 0 Å². The minimum Gasteiger partial charge on any atom is -0.0651 e. The van der Waals surface area contributed by atoms with Crippen LogP contribution in [0.2, 0.25) is 0 Å². The molecule has 0 aromatic carbocycles. The molecular formula is C15H30. The van der Waals surface area contributed by atoms with Crippen LogP contribution in [0.1, 0.15) is 73.1 Å². The molecule has 0 spiro atoms. The maximum Gasteiger partial charge on any atom is -0.0295 e. The Balaban J connectivity index is 2.10. The van der Waals surface area contributed by atoms with E-state index in [2.05, 4.69) is 34.6 Å². The Bertz CT molecular complexity index is 184. The van der Waals surface area contributed by atoms with Gasteiger partial charge in [0, 0.05) is 0 Å². The summed E-state index contributed by atoms with van der Waals surface area (Å²) in [6, 6.07) is 0. The highest BCUT2D eigenvalue weighted by molar-refractivity contribution is 4.94. The summed E-state index contributed by atoms with van der Waals surface area (Å²) in [6.45, 7) is 12.0. The molecule has 0 nitrogen and oxygen atoms in total. The van der Waals surface area contributed by atoms with E-state index in [1.54, 1.807) is 0 Å². The Labute approximate surface area is 96.8 Å². The molecule has 0 aliphatic heterocycles. The second-order valence-electron chi connectivity index (χ2n) is 6.38. The molecule has 90 valence electrons. The number of rotatable bonds is 6. The van der Waals surface area contributed by atoms with Gasteiger partial charge in [-0.15, -0.1) is 0 Å². The second kappa shape index (κ2) is 5.37. The normalized spacial score (nSPS) is 37.4. The number of hydrogen-bond acceptors (Lipinski definition) is 0. The van der Waals surface area contributed by atoms with Gasteiger partial charge >= 0.3 is 0 Å². The molecule has 0 radical (unpaired) electrons. The summed E-state index contributed by atoms with van der Waals surface area (Å²) in [5.74, 6) is 2.88. The third-order valence-electron chi connectivity index (χ3n) is 5.13. The quantitative estimate of drug-likeness (QED) is 0.524. The standard InChI is InChI=1S/C15H30/c1-6-12(2)9-7-8-10-15(5)11-13(3)14(15)4/h12-14H,6-11H2,1-5H3. The van der Waals surface area contributed by atoms with Crippen LogP contribution in [0.3, 0.4) is 0 Å². The summed E-state index contributed by atoms with van der Waals surface area (Å²) < 4.78 is 0.